The summed E-state index contributed by atoms with van der Waals surface area (Å²) in [4.78, 5) is 15.3. The molecule has 2 rings (SSSR count). The number of para-hydroxylation sites is 1. The second-order valence-electron chi connectivity index (χ2n) is 3.26. The van der Waals surface area contributed by atoms with Gasteiger partial charge in [0, 0.05) is 5.69 Å². The Morgan fingerprint density at radius 3 is 2.88 bits per heavy atom. The molecule has 5 nitrogen and oxygen atoms in total. The van der Waals surface area contributed by atoms with E-state index in [1.165, 1.54) is 6.26 Å². The number of carbonyl (C=O) groups excluding carboxylic acids is 1. The smallest absolute Gasteiger partial charge is 0.368 e. The zero-order valence-corrected chi connectivity index (χ0v) is 9.34. The van der Waals surface area contributed by atoms with E-state index in [1.807, 2.05) is 37.3 Å². The first-order valence-electron chi connectivity index (χ1n) is 5.24. The molecule has 1 N–H and O–H groups in total. The third kappa shape index (κ3) is 2.84. The standard InChI is InChI=1S/C12H12N2O3/c1-2-16-8-10-11(15)17-12(14-10)13-9-6-4-3-5-7-9/h3-8H,2H2,1H3,(H,13,14). The number of benzene rings is 1. The summed E-state index contributed by atoms with van der Waals surface area (Å²) in [5, 5.41) is 2.89. The van der Waals surface area contributed by atoms with Gasteiger partial charge >= 0.3 is 12.0 Å². The SMILES string of the molecule is CCOC=C1N=C(Nc2ccccc2)OC1=O. The number of aliphatic imine (C=N–C) groups is 1. The Kier molecular flexibility index (Phi) is 3.40. The van der Waals surface area contributed by atoms with E-state index in [1.54, 1.807) is 0 Å². The molecule has 0 amide bonds. The van der Waals surface area contributed by atoms with Crippen LogP contribution in [0.5, 0.6) is 0 Å². The number of amidine groups is 1. The third-order valence-electron chi connectivity index (χ3n) is 2.01. The maximum atomic E-state index is 11.4. The number of nitrogens with one attached hydrogen (secondary N) is 1. The maximum absolute atomic E-state index is 11.4. The highest BCUT2D eigenvalue weighted by molar-refractivity contribution is 6.08. The van der Waals surface area contributed by atoms with Crippen LogP contribution in [0.25, 0.3) is 0 Å². The van der Waals surface area contributed by atoms with Crippen LogP contribution < -0.4 is 5.32 Å². The van der Waals surface area contributed by atoms with Crippen LogP contribution in [0.2, 0.25) is 0 Å². The van der Waals surface area contributed by atoms with Gasteiger partial charge < -0.3 is 14.8 Å². The molecule has 88 valence electrons. The highest BCUT2D eigenvalue weighted by Crippen LogP contribution is 2.13. The first kappa shape index (κ1) is 11.2. The van der Waals surface area contributed by atoms with Crippen LogP contribution in [-0.4, -0.2) is 18.6 Å². The van der Waals surface area contributed by atoms with Crippen molar-refractivity contribution >= 4 is 17.7 Å². The Labute approximate surface area is 98.8 Å². The fourth-order valence-electron chi connectivity index (χ4n) is 1.25. The van der Waals surface area contributed by atoms with Crippen LogP contribution in [-0.2, 0) is 14.3 Å². The highest BCUT2D eigenvalue weighted by Gasteiger charge is 2.23. The third-order valence-corrected chi connectivity index (χ3v) is 2.01. The number of rotatable bonds is 3. The van der Waals surface area contributed by atoms with Crippen LogP contribution in [0.15, 0.2) is 47.3 Å². The van der Waals surface area contributed by atoms with Crippen molar-refractivity contribution in [3.63, 3.8) is 0 Å². The van der Waals surface area contributed by atoms with Gasteiger partial charge in [-0.1, -0.05) is 18.2 Å². The Bertz CT molecular complexity index is 466. The molecular formula is C12H12N2O3. The average molecular weight is 232 g/mol. The maximum Gasteiger partial charge on any atom is 0.368 e. The van der Waals surface area contributed by atoms with Crippen molar-refractivity contribution in [2.24, 2.45) is 4.99 Å². The molecule has 0 spiro atoms. The molecule has 1 aromatic rings. The highest BCUT2D eigenvalue weighted by atomic mass is 16.6. The number of nitrogens with zero attached hydrogens (tertiary/aromatic N) is 1. The van der Waals surface area contributed by atoms with Crippen LogP contribution in [0, 0.1) is 0 Å². The van der Waals surface area contributed by atoms with E-state index < -0.39 is 5.97 Å². The van der Waals surface area contributed by atoms with Crippen LogP contribution in [0.3, 0.4) is 0 Å². The van der Waals surface area contributed by atoms with Crippen LogP contribution >= 0.6 is 0 Å². The van der Waals surface area contributed by atoms with Gasteiger partial charge in [0.25, 0.3) is 0 Å². The van der Waals surface area contributed by atoms with Gasteiger partial charge in [-0.2, -0.15) is 4.99 Å². The minimum atomic E-state index is -0.517. The van der Waals surface area contributed by atoms with Crippen molar-refractivity contribution < 1.29 is 14.3 Å². The second-order valence-corrected chi connectivity index (χ2v) is 3.26. The number of anilines is 1. The minimum Gasteiger partial charge on any atom is -0.499 e. The lowest BCUT2D eigenvalue weighted by atomic mass is 10.3. The Hall–Kier alpha value is -2.30. The summed E-state index contributed by atoms with van der Waals surface area (Å²) in [6.45, 7) is 2.30. The summed E-state index contributed by atoms with van der Waals surface area (Å²) in [6.07, 6.45) is 1.29. The first-order valence-corrected chi connectivity index (χ1v) is 5.24. The van der Waals surface area contributed by atoms with Crippen molar-refractivity contribution in [2.45, 2.75) is 6.92 Å². The molecule has 0 bridgehead atoms. The van der Waals surface area contributed by atoms with Crippen LogP contribution in [0.1, 0.15) is 6.92 Å². The fourth-order valence-corrected chi connectivity index (χ4v) is 1.25. The molecule has 1 aromatic carbocycles. The summed E-state index contributed by atoms with van der Waals surface area (Å²) >= 11 is 0. The molecule has 0 atom stereocenters. The van der Waals surface area contributed by atoms with Gasteiger partial charge in [-0.3, -0.25) is 0 Å². The normalized spacial score (nSPS) is 16.6. The number of cyclic esters (lactones) is 1. The van der Waals surface area contributed by atoms with Gasteiger partial charge in [-0.25, -0.2) is 4.79 Å². The molecule has 1 aliphatic rings. The number of ether oxygens (including phenoxy) is 2. The summed E-state index contributed by atoms with van der Waals surface area (Å²) in [5.41, 5.74) is 0.960. The van der Waals surface area contributed by atoms with Gasteiger partial charge in [-0.15, -0.1) is 0 Å². The number of hydrogen-bond acceptors (Lipinski definition) is 5. The average Bonchev–Trinajstić information content (AvgIpc) is 2.68. The summed E-state index contributed by atoms with van der Waals surface area (Å²) in [6, 6.07) is 9.50. The Balaban J connectivity index is 2.06. The van der Waals surface area contributed by atoms with E-state index in [0.717, 1.165) is 5.69 Å². The number of carbonyl (C=O) groups is 1. The molecule has 0 aromatic heterocycles. The van der Waals surface area contributed by atoms with Crippen molar-refractivity contribution in [2.75, 3.05) is 11.9 Å². The van der Waals surface area contributed by atoms with Gasteiger partial charge in [0.05, 0.1) is 6.61 Å². The summed E-state index contributed by atoms with van der Waals surface area (Å²) in [7, 11) is 0. The molecule has 0 radical (unpaired) electrons. The predicted octanol–water partition coefficient (Wildman–Crippen LogP) is 1.89. The van der Waals surface area contributed by atoms with Gasteiger partial charge in [0.15, 0.2) is 5.70 Å². The lowest BCUT2D eigenvalue weighted by molar-refractivity contribution is -0.130. The minimum absolute atomic E-state index is 0.158. The topological polar surface area (TPSA) is 59.9 Å². The largest absolute Gasteiger partial charge is 0.499 e. The van der Waals surface area contributed by atoms with E-state index in [2.05, 4.69) is 10.3 Å². The molecule has 1 heterocycles. The van der Waals surface area contributed by atoms with Crippen LogP contribution in [0.4, 0.5) is 5.69 Å². The lowest BCUT2D eigenvalue weighted by Crippen LogP contribution is -2.13. The first-order chi connectivity index (χ1) is 8.29. The lowest BCUT2D eigenvalue weighted by Gasteiger charge is -2.02. The van der Waals surface area contributed by atoms with Crippen molar-refractivity contribution in [3.05, 3.63) is 42.3 Å². The monoisotopic (exact) mass is 232 g/mol. The zero-order valence-electron chi connectivity index (χ0n) is 9.34. The Morgan fingerprint density at radius 1 is 1.41 bits per heavy atom. The van der Waals surface area contributed by atoms with E-state index in [4.69, 9.17) is 9.47 Å². The molecule has 0 fully saturated rings. The Morgan fingerprint density at radius 2 is 2.18 bits per heavy atom. The van der Waals surface area contributed by atoms with Crippen molar-refractivity contribution in [1.82, 2.24) is 0 Å². The van der Waals surface area contributed by atoms with E-state index >= 15 is 0 Å². The van der Waals surface area contributed by atoms with Gasteiger partial charge in [-0.05, 0) is 19.1 Å². The molecule has 0 aliphatic carbocycles. The quantitative estimate of drug-likeness (QED) is 0.491. The fraction of sp³-hybridized carbons (Fsp3) is 0.167. The molecule has 0 saturated heterocycles. The van der Waals surface area contributed by atoms with E-state index in [9.17, 15) is 4.79 Å². The van der Waals surface area contributed by atoms with Gasteiger partial charge in [0.2, 0.25) is 0 Å². The van der Waals surface area contributed by atoms with Crippen molar-refractivity contribution in [1.29, 1.82) is 0 Å². The number of esters is 1. The second kappa shape index (κ2) is 5.16. The molecule has 5 heteroatoms. The molecule has 0 saturated carbocycles. The van der Waals surface area contributed by atoms with Crippen molar-refractivity contribution in [3.8, 4) is 0 Å². The summed E-state index contributed by atoms with van der Waals surface area (Å²) < 4.78 is 9.92. The summed E-state index contributed by atoms with van der Waals surface area (Å²) in [5.74, 6) is -0.517. The predicted molar refractivity (Wildman–Crippen MR) is 63.3 cm³/mol. The molecule has 1 aliphatic heterocycles. The number of hydrogen-bond donors (Lipinski definition) is 1. The van der Waals surface area contributed by atoms with E-state index in [0.29, 0.717) is 6.61 Å². The zero-order chi connectivity index (χ0) is 12.1. The molecular weight excluding hydrogens is 220 g/mol. The molecule has 0 unspecified atom stereocenters. The van der Waals surface area contributed by atoms with Gasteiger partial charge in [0.1, 0.15) is 6.26 Å². The molecule has 17 heavy (non-hydrogen) atoms. The van der Waals surface area contributed by atoms with E-state index in [-0.39, 0.29) is 11.7 Å².